The van der Waals surface area contributed by atoms with E-state index in [2.05, 4.69) is 20.6 Å². The van der Waals surface area contributed by atoms with E-state index in [1.165, 1.54) is 18.0 Å². The van der Waals surface area contributed by atoms with Crippen LogP contribution >= 0.6 is 11.6 Å². The summed E-state index contributed by atoms with van der Waals surface area (Å²) in [7, 11) is 0. The van der Waals surface area contributed by atoms with Gasteiger partial charge in [-0.15, -0.1) is 0 Å². The lowest BCUT2D eigenvalue weighted by Gasteiger charge is -2.10. The second-order valence-corrected chi connectivity index (χ2v) is 7.26. The fraction of sp³-hybridized carbons (Fsp3) is 0.0417. The van der Waals surface area contributed by atoms with Gasteiger partial charge in [-0.25, -0.2) is 9.97 Å². The van der Waals surface area contributed by atoms with Gasteiger partial charge in [0.05, 0.1) is 5.52 Å². The molecule has 6 heteroatoms. The Balaban J connectivity index is 1.54. The topological polar surface area (TPSA) is 66.9 Å². The number of halogens is 1. The molecule has 0 aliphatic rings. The van der Waals surface area contributed by atoms with Gasteiger partial charge in [-0.3, -0.25) is 4.79 Å². The molecule has 0 spiro atoms. The third-order valence-corrected chi connectivity index (χ3v) is 4.73. The van der Waals surface area contributed by atoms with E-state index in [-0.39, 0.29) is 5.91 Å². The summed E-state index contributed by atoms with van der Waals surface area (Å²) < 4.78 is 0. The van der Waals surface area contributed by atoms with E-state index in [0.29, 0.717) is 16.5 Å². The van der Waals surface area contributed by atoms with Crippen LogP contribution in [0.4, 0.5) is 17.2 Å². The molecule has 0 bridgehead atoms. The van der Waals surface area contributed by atoms with Crippen LogP contribution in [0.1, 0.15) is 11.1 Å². The van der Waals surface area contributed by atoms with E-state index in [1.54, 1.807) is 6.08 Å². The molecule has 0 aliphatic heterocycles. The van der Waals surface area contributed by atoms with Crippen molar-refractivity contribution in [3.8, 4) is 0 Å². The van der Waals surface area contributed by atoms with Gasteiger partial charge >= 0.3 is 0 Å². The third kappa shape index (κ3) is 4.82. The van der Waals surface area contributed by atoms with Crippen LogP contribution in [0.5, 0.6) is 0 Å². The Morgan fingerprint density at radius 3 is 2.60 bits per heavy atom. The quantitative estimate of drug-likeness (QED) is 0.394. The van der Waals surface area contributed by atoms with E-state index in [1.807, 2.05) is 73.7 Å². The number of carbonyl (C=O) groups excluding carboxylic acids is 1. The van der Waals surface area contributed by atoms with Crippen molar-refractivity contribution >= 4 is 51.7 Å². The first kappa shape index (κ1) is 19.6. The van der Waals surface area contributed by atoms with Crippen LogP contribution in [0.25, 0.3) is 17.0 Å². The molecular formula is C24H19ClN4O. The van der Waals surface area contributed by atoms with Crippen molar-refractivity contribution in [1.82, 2.24) is 9.97 Å². The maximum Gasteiger partial charge on any atom is 0.248 e. The zero-order valence-corrected chi connectivity index (χ0v) is 17.0. The number of fused-ring (bicyclic) bond motifs is 1. The Labute approximate surface area is 179 Å². The number of aromatic nitrogens is 2. The molecule has 4 aromatic rings. The van der Waals surface area contributed by atoms with Crippen LogP contribution in [0.15, 0.2) is 79.1 Å². The number of carbonyl (C=O) groups is 1. The summed E-state index contributed by atoms with van der Waals surface area (Å²) in [6.45, 7) is 2.03. The minimum absolute atomic E-state index is 0.212. The Hall–Kier alpha value is -3.70. The Morgan fingerprint density at radius 1 is 0.967 bits per heavy atom. The maximum absolute atomic E-state index is 12.3. The predicted octanol–water partition coefficient (Wildman–Crippen LogP) is 5.99. The highest BCUT2D eigenvalue weighted by Gasteiger charge is 2.07. The molecule has 4 rings (SSSR count). The number of nitrogens with one attached hydrogen (secondary N) is 2. The summed E-state index contributed by atoms with van der Waals surface area (Å²) in [5.41, 5.74) is 4.39. The van der Waals surface area contributed by atoms with Crippen LogP contribution in [0.2, 0.25) is 5.02 Å². The molecule has 0 aliphatic carbocycles. The van der Waals surface area contributed by atoms with Crippen molar-refractivity contribution < 1.29 is 4.79 Å². The number of hydrogen-bond donors (Lipinski definition) is 2. The number of nitrogens with zero attached hydrogens (tertiary/aromatic N) is 2. The highest BCUT2D eigenvalue weighted by atomic mass is 35.5. The molecule has 2 N–H and O–H groups in total. The number of anilines is 3. The number of aryl methyl sites for hydroxylation is 1. The van der Waals surface area contributed by atoms with Crippen LogP contribution < -0.4 is 10.6 Å². The average Bonchev–Trinajstić information content (AvgIpc) is 2.74. The van der Waals surface area contributed by atoms with Gasteiger partial charge in [0.25, 0.3) is 0 Å². The first-order valence-corrected chi connectivity index (χ1v) is 9.78. The third-order valence-electron chi connectivity index (χ3n) is 4.49. The van der Waals surface area contributed by atoms with Gasteiger partial charge in [0.2, 0.25) is 5.91 Å². The first-order chi connectivity index (χ1) is 14.6. The molecule has 1 heterocycles. The predicted molar refractivity (Wildman–Crippen MR) is 123 cm³/mol. The lowest BCUT2D eigenvalue weighted by Crippen LogP contribution is -2.07. The van der Waals surface area contributed by atoms with Crippen LogP contribution in [-0.4, -0.2) is 15.9 Å². The second kappa shape index (κ2) is 8.76. The summed E-state index contributed by atoms with van der Waals surface area (Å²) in [6, 6.07) is 20.9. The zero-order chi connectivity index (χ0) is 20.9. The molecular weight excluding hydrogens is 396 g/mol. The molecule has 0 unspecified atom stereocenters. The molecule has 30 heavy (non-hydrogen) atoms. The van der Waals surface area contributed by atoms with E-state index in [4.69, 9.17) is 11.6 Å². The van der Waals surface area contributed by atoms with Crippen molar-refractivity contribution in [3.63, 3.8) is 0 Å². The summed E-state index contributed by atoms with van der Waals surface area (Å²) >= 11 is 6.07. The van der Waals surface area contributed by atoms with Gasteiger partial charge in [0.15, 0.2) is 0 Å². The number of benzene rings is 3. The zero-order valence-electron chi connectivity index (χ0n) is 16.3. The van der Waals surface area contributed by atoms with Gasteiger partial charge < -0.3 is 10.6 Å². The van der Waals surface area contributed by atoms with E-state index in [9.17, 15) is 4.79 Å². The molecule has 0 saturated heterocycles. The minimum Gasteiger partial charge on any atom is -0.340 e. The van der Waals surface area contributed by atoms with Crippen molar-refractivity contribution in [3.05, 3.63) is 95.3 Å². The molecule has 1 aromatic heterocycles. The van der Waals surface area contributed by atoms with Crippen LogP contribution in [-0.2, 0) is 4.79 Å². The molecule has 5 nitrogen and oxygen atoms in total. The Bertz CT molecular complexity index is 1240. The van der Waals surface area contributed by atoms with Crippen LogP contribution in [0.3, 0.4) is 0 Å². The van der Waals surface area contributed by atoms with E-state index >= 15 is 0 Å². The van der Waals surface area contributed by atoms with E-state index < -0.39 is 0 Å². The van der Waals surface area contributed by atoms with E-state index in [0.717, 1.165) is 22.2 Å². The summed E-state index contributed by atoms with van der Waals surface area (Å²) in [5, 5.41) is 7.56. The molecule has 148 valence electrons. The standard InChI is InChI=1S/C24H19ClN4O/c1-16-5-7-17(8-6-16)9-12-23(30)28-20-10-11-22-21(14-20)24(27-15-26-22)29-19-4-2-3-18(25)13-19/h2-15H,1H3,(H,28,30)(H,26,27,29)/b12-9+. The lowest BCUT2D eigenvalue weighted by atomic mass is 10.1. The molecule has 0 fully saturated rings. The SMILES string of the molecule is Cc1ccc(/C=C/C(=O)Nc2ccc3ncnc(Nc4cccc(Cl)c4)c3c2)cc1. The Kier molecular flexibility index (Phi) is 5.72. The highest BCUT2D eigenvalue weighted by molar-refractivity contribution is 6.30. The van der Waals surface area contributed by atoms with Gasteiger partial charge in [-0.2, -0.15) is 0 Å². The van der Waals surface area contributed by atoms with Crippen molar-refractivity contribution in [2.24, 2.45) is 0 Å². The molecule has 0 atom stereocenters. The van der Waals surface area contributed by atoms with Crippen LogP contribution in [0, 0.1) is 6.92 Å². The fourth-order valence-electron chi connectivity index (χ4n) is 2.97. The normalized spacial score (nSPS) is 11.0. The maximum atomic E-state index is 12.3. The second-order valence-electron chi connectivity index (χ2n) is 6.82. The first-order valence-electron chi connectivity index (χ1n) is 9.40. The largest absolute Gasteiger partial charge is 0.340 e. The molecule has 1 amide bonds. The van der Waals surface area contributed by atoms with Gasteiger partial charge in [-0.1, -0.05) is 47.5 Å². The lowest BCUT2D eigenvalue weighted by molar-refractivity contribution is -0.111. The summed E-state index contributed by atoms with van der Waals surface area (Å²) in [6.07, 6.45) is 4.80. The minimum atomic E-state index is -0.212. The number of rotatable bonds is 5. The molecule has 0 saturated carbocycles. The van der Waals surface area contributed by atoms with Gasteiger partial charge in [0, 0.05) is 27.9 Å². The van der Waals surface area contributed by atoms with Crippen molar-refractivity contribution in [2.75, 3.05) is 10.6 Å². The summed E-state index contributed by atoms with van der Waals surface area (Å²) in [4.78, 5) is 21.0. The smallest absolute Gasteiger partial charge is 0.248 e. The summed E-state index contributed by atoms with van der Waals surface area (Å²) in [5.74, 6) is 0.421. The van der Waals surface area contributed by atoms with Crippen molar-refractivity contribution in [2.45, 2.75) is 6.92 Å². The fourth-order valence-corrected chi connectivity index (χ4v) is 3.16. The molecule has 3 aromatic carbocycles. The van der Waals surface area contributed by atoms with Gasteiger partial charge in [-0.05, 0) is 55.0 Å². The molecule has 0 radical (unpaired) electrons. The Morgan fingerprint density at radius 2 is 1.80 bits per heavy atom. The monoisotopic (exact) mass is 414 g/mol. The van der Waals surface area contributed by atoms with Gasteiger partial charge in [0.1, 0.15) is 12.1 Å². The average molecular weight is 415 g/mol. The number of hydrogen-bond acceptors (Lipinski definition) is 4. The van der Waals surface area contributed by atoms with Crippen molar-refractivity contribution in [1.29, 1.82) is 0 Å². The number of amides is 1. The highest BCUT2D eigenvalue weighted by Crippen LogP contribution is 2.26.